The third-order valence-electron chi connectivity index (χ3n) is 14.4. The molecule has 5 aliphatic rings. The van der Waals surface area contributed by atoms with E-state index in [9.17, 15) is 14.4 Å². The van der Waals surface area contributed by atoms with Gasteiger partial charge < -0.3 is 38.6 Å². The first kappa shape index (κ1) is 48.4. The van der Waals surface area contributed by atoms with Crippen LogP contribution < -0.4 is 15.6 Å². The smallest absolute Gasteiger partial charge is 0.324 e. The van der Waals surface area contributed by atoms with E-state index in [1.807, 2.05) is 20.0 Å². The number of methoxy groups -OCH3 is 1. The highest BCUT2D eigenvalue weighted by Crippen LogP contribution is 2.46. The van der Waals surface area contributed by atoms with Crippen LogP contribution in [0.2, 0.25) is 0 Å². The topological polar surface area (TPSA) is 152 Å². The van der Waals surface area contributed by atoms with Gasteiger partial charge in [-0.05, 0) is 95.2 Å². The Balaban J connectivity index is 1.30. The molecule has 8 atom stereocenters. The second-order valence-corrected chi connectivity index (χ2v) is 21.2. The van der Waals surface area contributed by atoms with Crippen LogP contribution in [0.5, 0.6) is 0 Å². The molecule has 1 aromatic carbocycles. The van der Waals surface area contributed by atoms with Crippen LogP contribution in [-0.4, -0.2) is 139 Å². The van der Waals surface area contributed by atoms with Gasteiger partial charge in [0.25, 0.3) is 5.91 Å². The zero-order valence-electron chi connectivity index (χ0n) is 40.7. The number of piperazine rings is 1. The van der Waals surface area contributed by atoms with E-state index in [2.05, 4.69) is 98.0 Å². The molecular formula is C50H72N8O7S. The molecule has 66 heavy (non-hydrogen) atoms. The SMILES string of the molecule is CCO[C@@H]1C2=NC(CS2)c2ccc3c(c2)c(c(-c2cc(N4CCN(C)CC4)cnc2[C@H](C)OC)n3CCOC(C)C)CC(C)(C)COC(=O)[C@@H]2CCCN(N2)C(=O)[C@H]1NC(=O)C1[C@@H](C)[C@H]1C. The molecule has 4 aliphatic heterocycles. The monoisotopic (exact) mass is 929 g/mol. The van der Waals surface area contributed by atoms with Crippen LogP contribution in [0.25, 0.3) is 22.2 Å². The first-order chi connectivity index (χ1) is 31.6. The first-order valence-corrected chi connectivity index (χ1v) is 25.2. The third kappa shape index (κ3) is 10.2. The van der Waals surface area contributed by atoms with Gasteiger partial charge in [-0.2, -0.15) is 0 Å². The van der Waals surface area contributed by atoms with Crippen LogP contribution in [0, 0.1) is 23.2 Å². The van der Waals surface area contributed by atoms with Crippen molar-refractivity contribution in [3.05, 3.63) is 47.3 Å². The van der Waals surface area contributed by atoms with Gasteiger partial charge in [0.05, 0.1) is 54.7 Å². The molecule has 2 aromatic heterocycles. The van der Waals surface area contributed by atoms with Crippen molar-refractivity contribution in [1.82, 2.24) is 30.2 Å². The Morgan fingerprint density at radius 1 is 1.08 bits per heavy atom. The van der Waals surface area contributed by atoms with E-state index < -0.39 is 29.6 Å². The molecule has 15 nitrogen and oxygen atoms in total. The molecular weight excluding hydrogens is 857 g/mol. The number of hydrogen-bond acceptors (Lipinski definition) is 13. The van der Waals surface area contributed by atoms with E-state index in [1.165, 1.54) is 5.01 Å². The number of aromatic nitrogens is 2. The number of nitrogens with one attached hydrogen (secondary N) is 2. The van der Waals surface area contributed by atoms with Crippen molar-refractivity contribution in [2.24, 2.45) is 28.2 Å². The van der Waals surface area contributed by atoms with Gasteiger partial charge in [0.1, 0.15) is 23.2 Å². The van der Waals surface area contributed by atoms with E-state index in [-0.39, 0.29) is 54.4 Å². The largest absolute Gasteiger partial charge is 0.464 e. The quantitative estimate of drug-likeness (QED) is 0.200. The molecule has 1 saturated carbocycles. The fourth-order valence-corrected chi connectivity index (χ4v) is 11.3. The van der Waals surface area contributed by atoms with Crippen molar-refractivity contribution in [2.75, 3.05) is 77.4 Å². The van der Waals surface area contributed by atoms with Crippen LogP contribution in [-0.2, 0) is 46.3 Å². The standard InChI is InChI=1S/C50H72N8O7S/c1-11-63-45-43(53-46(59)41-30(4)31(41)5)48(60)58-16-12-13-38(54-58)49(61)65-28-50(7,8)25-37-35-23-33(39-27-66-47(45)52-39)14-15-40(35)57(21-22-64-29(2)3)44(37)36-24-34(26-51-42(36)32(6)62-10)56-19-17-55(9)18-20-56/h14-15,23-24,26,29-32,38-39,41,43,45,54H,11-13,16-22,25,27-28H2,1-10H3,(H,53,59)/t30-,31+,32-,38-,39?,41?,43-,45-/m0/s1. The minimum absolute atomic E-state index is 0.0551. The minimum atomic E-state index is -1.06. The summed E-state index contributed by atoms with van der Waals surface area (Å²) in [5.74, 6) is -0.0517. The predicted octanol–water partition coefficient (Wildman–Crippen LogP) is 6.19. The maximum atomic E-state index is 14.7. The van der Waals surface area contributed by atoms with Crippen LogP contribution >= 0.6 is 11.8 Å². The van der Waals surface area contributed by atoms with Crippen molar-refractivity contribution >= 4 is 51.2 Å². The van der Waals surface area contributed by atoms with Gasteiger partial charge >= 0.3 is 5.97 Å². The molecule has 1 aliphatic carbocycles. The second-order valence-electron chi connectivity index (χ2n) is 20.1. The molecule has 3 aromatic rings. The molecule has 8 rings (SSSR count). The number of amides is 2. The van der Waals surface area contributed by atoms with Crippen LogP contribution in [0.3, 0.4) is 0 Å². The number of carbonyl (C=O) groups excluding carboxylic acids is 3. The summed E-state index contributed by atoms with van der Waals surface area (Å²) in [6.45, 7) is 22.1. The van der Waals surface area contributed by atoms with E-state index >= 15 is 0 Å². The highest BCUT2D eigenvalue weighted by atomic mass is 32.2. The summed E-state index contributed by atoms with van der Waals surface area (Å²) in [6, 6.07) is 6.93. The summed E-state index contributed by atoms with van der Waals surface area (Å²) < 4.78 is 27.4. The lowest BCUT2D eigenvalue weighted by Crippen LogP contribution is -2.63. The minimum Gasteiger partial charge on any atom is -0.464 e. The average molecular weight is 929 g/mol. The Kier molecular flexibility index (Phi) is 14.9. The number of esters is 1. The number of ether oxygens (including phenoxy) is 4. The maximum absolute atomic E-state index is 14.7. The van der Waals surface area contributed by atoms with Gasteiger partial charge in [0, 0.05) is 86.5 Å². The van der Waals surface area contributed by atoms with E-state index in [0.29, 0.717) is 56.4 Å². The number of pyridine rings is 1. The van der Waals surface area contributed by atoms with Gasteiger partial charge in [-0.15, -0.1) is 11.8 Å². The summed E-state index contributed by atoms with van der Waals surface area (Å²) in [4.78, 5) is 57.9. The van der Waals surface area contributed by atoms with Crippen molar-refractivity contribution in [3.8, 4) is 11.3 Å². The van der Waals surface area contributed by atoms with Gasteiger partial charge in [-0.25, -0.2) is 5.43 Å². The van der Waals surface area contributed by atoms with Crippen molar-refractivity contribution in [1.29, 1.82) is 0 Å². The number of cyclic esters (lactones) is 1. The molecule has 3 fully saturated rings. The molecule has 2 saturated heterocycles. The third-order valence-corrected chi connectivity index (χ3v) is 15.5. The van der Waals surface area contributed by atoms with Gasteiger partial charge in [-0.3, -0.25) is 29.4 Å². The lowest BCUT2D eigenvalue weighted by Gasteiger charge is -2.37. The molecule has 2 unspecified atom stereocenters. The number of carbonyl (C=O) groups is 3. The normalized spacial score (nSPS) is 27.7. The summed E-state index contributed by atoms with van der Waals surface area (Å²) in [5, 5.41) is 6.37. The number of nitrogens with zero attached hydrogens (tertiary/aromatic N) is 6. The fourth-order valence-electron chi connectivity index (χ4n) is 10.1. The Hall–Kier alpha value is -4.06. The highest BCUT2D eigenvalue weighted by Gasteiger charge is 2.50. The lowest BCUT2D eigenvalue weighted by atomic mass is 9.84. The van der Waals surface area contributed by atoms with Crippen molar-refractivity contribution in [2.45, 2.75) is 118 Å². The number of fused-ring (bicyclic) bond motifs is 5. The van der Waals surface area contributed by atoms with Crippen molar-refractivity contribution < 1.29 is 33.3 Å². The van der Waals surface area contributed by atoms with E-state index in [0.717, 1.165) is 70.8 Å². The predicted molar refractivity (Wildman–Crippen MR) is 260 cm³/mol. The van der Waals surface area contributed by atoms with Gasteiger partial charge in [0.2, 0.25) is 5.91 Å². The molecule has 0 spiro atoms. The summed E-state index contributed by atoms with van der Waals surface area (Å²) in [6.07, 6.45) is 2.60. The number of likely N-dealkylation sites (N-methyl/N-ethyl adjacent to an activating group) is 1. The highest BCUT2D eigenvalue weighted by molar-refractivity contribution is 8.14. The number of thioether (sulfide) groups is 1. The fraction of sp³-hybridized carbons (Fsp3) is 0.660. The molecule has 2 amide bonds. The summed E-state index contributed by atoms with van der Waals surface area (Å²) in [7, 11) is 3.89. The lowest BCUT2D eigenvalue weighted by molar-refractivity contribution is -0.156. The van der Waals surface area contributed by atoms with Crippen LogP contribution in [0.1, 0.15) is 97.2 Å². The Morgan fingerprint density at radius 3 is 2.53 bits per heavy atom. The van der Waals surface area contributed by atoms with Gasteiger partial charge in [-0.1, -0.05) is 33.8 Å². The summed E-state index contributed by atoms with van der Waals surface area (Å²) in [5.41, 5.74) is 9.88. The average Bonchev–Trinajstić information content (AvgIpc) is 3.56. The molecule has 6 heterocycles. The maximum Gasteiger partial charge on any atom is 0.324 e. The summed E-state index contributed by atoms with van der Waals surface area (Å²) >= 11 is 1.57. The van der Waals surface area contributed by atoms with E-state index in [4.69, 9.17) is 28.9 Å². The van der Waals surface area contributed by atoms with Crippen LogP contribution in [0.4, 0.5) is 5.69 Å². The molecule has 16 heteroatoms. The van der Waals surface area contributed by atoms with Crippen molar-refractivity contribution in [3.63, 3.8) is 0 Å². The number of hydrazine groups is 1. The Labute approximate surface area is 395 Å². The molecule has 2 N–H and O–H groups in total. The molecule has 360 valence electrons. The molecule has 6 bridgehead atoms. The molecule has 0 radical (unpaired) electrons. The zero-order chi connectivity index (χ0) is 47.0. The Bertz CT molecular complexity index is 2280. The van der Waals surface area contributed by atoms with Crippen LogP contribution in [0.15, 0.2) is 35.5 Å². The second kappa shape index (κ2) is 20.3. The number of rotatable bonds is 12. The first-order valence-electron chi connectivity index (χ1n) is 24.2. The van der Waals surface area contributed by atoms with E-state index in [1.54, 1.807) is 18.9 Å². The number of benzene rings is 1. The zero-order valence-corrected chi connectivity index (χ0v) is 41.5. The Morgan fingerprint density at radius 2 is 1.83 bits per heavy atom. The number of anilines is 1. The van der Waals surface area contributed by atoms with Gasteiger partial charge in [0.15, 0.2) is 0 Å². The number of aliphatic imine (C=N–C) groups is 1. The number of hydrogen-bond donors (Lipinski definition) is 2.